The number of nitrogens with two attached hydrogens (primary N) is 1. The summed E-state index contributed by atoms with van der Waals surface area (Å²) < 4.78 is 2.06. The average Bonchev–Trinajstić information content (AvgIpc) is 3.18. The molecule has 0 aromatic carbocycles. The molecule has 2 aliphatic carbocycles. The summed E-state index contributed by atoms with van der Waals surface area (Å²) in [6, 6.07) is 5.88. The van der Waals surface area contributed by atoms with E-state index < -0.39 is 0 Å². The molecular formula is C16H19N5O2. The number of nitrogens with one attached hydrogen (secondary N) is 2. The first-order chi connectivity index (χ1) is 11.1. The molecule has 0 aliphatic heterocycles. The van der Waals surface area contributed by atoms with Gasteiger partial charge in [-0.15, -0.1) is 0 Å². The summed E-state index contributed by atoms with van der Waals surface area (Å²) in [6.07, 6.45) is 5.84. The van der Waals surface area contributed by atoms with E-state index in [1.54, 1.807) is 0 Å². The third kappa shape index (κ3) is 2.74. The Labute approximate surface area is 132 Å². The van der Waals surface area contributed by atoms with Crippen molar-refractivity contribution >= 4 is 11.9 Å². The number of amides is 1. The van der Waals surface area contributed by atoms with Crippen molar-refractivity contribution in [1.29, 1.82) is 0 Å². The predicted molar refractivity (Wildman–Crippen MR) is 85.2 cm³/mol. The Bertz CT molecular complexity index is 799. The van der Waals surface area contributed by atoms with Crippen molar-refractivity contribution in [3.8, 4) is 0 Å². The van der Waals surface area contributed by atoms with Crippen molar-refractivity contribution < 1.29 is 4.79 Å². The summed E-state index contributed by atoms with van der Waals surface area (Å²) in [4.78, 5) is 30.4. The van der Waals surface area contributed by atoms with Crippen molar-refractivity contribution in [3.63, 3.8) is 0 Å². The summed E-state index contributed by atoms with van der Waals surface area (Å²) in [5.41, 5.74) is 6.77. The van der Waals surface area contributed by atoms with Crippen LogP contribution < -0.4 is 16.6 Å². The monoisotopic (exact) mass is 313 g/mol. The Morgan fingerprint density at radius 1 is 1.39 bits per heavy atom. The van der Waals surface area contributed by atoms with Gasteiger partial charge in [0.15, 0.2) is 0 Å². The maximum atomic E-state index is 12.4. The van der Waals surface area contributed by atoms with E-state index >= 15 is 0 Å². The molecule has 120 valence electrons. The Morgan fingerprint density at radius 3 is 2.87 bits per heavy atom. The quantitative estimate of drug-likeness (QED) is 0.787. The number of H-pyrrole nitrogens is 1. The first kappa shape index (κ1) is 14.0. The second-order valence-electron chi connectivity index (χ2n) is 6.43. The summed E-state index contributed by atoms with van der Waals surface area (Å²) >= 11 is 0. The summed E-state index contributed by atoms with van der Waals surface area (Å²) in [5, 5.41) is 3.07. The summed E-state index contributed by atoms with van der Waals surface area (Å²) in [5.74, 6) is 0.297. The second-order valence-corrected chi connectivity index (χ2v) is 6.43. The molecule has 2 aromatic heterocycles. The number of hydrogen-bond acceptors (Lipinski definition) is 4. The Morgan fingerprint density at radius 2 is 2.17 bits per heavy atom. The van der Waals surface area contributed by atoms with Crippen LogP contribution in [0.3, 0.4) is 0 Å². The minimum atomic E-state index is -0.234. The molecule has 4 rings (SSSR count). The summed E-state index contributed by atoms with van der Waals surface area (Å²) in [6.45, 7) is 0. The third-order valence-corrected chi connectivity index (χ3v) is 4.62. The SMILES string of the molecule is Nc1nc(C2CC(NC(=O)c3cccn3C3CC3)C2)cc(=O)[nH]1. The third-order valence-electron chi connectivity index (χ3n) is 4.62. The fraction of sp³-hybridized carbons (Fsp3) is 0.438. The molecule has 2 aliphatic rings. The molecule has 23 heavy (non-hydrogen) atoms. The van der Waals surface area contributed by atoms with Gasteiger partial charge in [-0.3, -0.25) is 14.6 Å². The standard InChI is InChI=1S/C16H19N5O2/c17-16-19-12(8-14(22)20-16)9-6-10(7-9)18-15(23)13-2-1-5-21(13)11-3-4-11/h1-2,5,8-11H,3-4,6-7H2,(H,18,23)(H3,17,19,20,22). The minimum Gasteiger partial charge on any atom is -0.369 e. The lowest BCUT2D eigenvalue weighted by Gasteiger charge is -2.35. The van der Waals surface area contributed by atoms with Gasteiger partial charge in [-0.25, -0.2) is 4.98 Å². The lowest BCUT2D eigenvalue weighted by atomic mass is 9.78. The van der Waals surface area contributed by atoms with Gasteiger partial charge in [0.25, 0.3) is 11.5 Å². The molecule has 0 spiro atoms. The first-order valence-corrected chi connectivity index (χ1v) is 7.94. The normalized spacial score (nSPS) is 23.3. The second kappa shape index (κ2) is 5.26. The fourth-order valence-electron chi connectivity index (χ4n) is 3.20. The largest absolute Gasteiger partial charge is 0.369 e. The lowest BCUT2D eigenvalue weighted by Crippen LogP contribution is -2.44. The molecule has 2 fully saturated rings. The van der Waals surface area contributed by atoms with E-state index in [0.717, 1.165) is 31.4 Å². The van der Waals surface area contributed by atoms with Crippen LogP contribution >= 0.6 is 0 Å². The minimum absolute atomic E-state index is 0.0243. The van der Waals surface area contributed by atoms with Crippen LogP contribution in [-0.2, 0) is 0 Å². The van der Waals surface area contributed by atoms with Crippen molar-refractivity contribution in [2.45, 2.75) is 43.7 Å². The zero-order valence-electron chi connectivity index (χ0n) is 12.7. The van der Waals surface area contributed by atoms with E-state index in [9.17, 15) is 9.59 Å². The van der Waals surface area contributed by atoms with Crippen LogP contribution in [0.1, 0.15) is 53.8 Å². The van der Waals surface area contributed by atoms with Crippen LogP contribution in [-0.4, -0.2) is 26.5 Å². The van der Waals surface area contributed by atoms with Gasteiger partial charge >= 0.3 is 0 Å². The number of carbonyl (C=O) groups excluding carboxylic acids is 1. The Hall–Kier alpha value is -2.57. The molecule has 1 amide bonds. The Balaban J connectivity index is 1.38. The molecular weight excluding hydrogens is 294 g/mol. The number of aromatic amines is 1. The topological polar surface area (TPSA) is 106 Å². The summed E-state index contributed by atoms with van der Waals surface area (Å²) in [7, 11) is 0. The number of anilines is 1. The van der Waals surface area contributed by atoms with E-state index in [-0.39, 0.29) is 29.4 Å². The van der Waals surface area contributed by atoms with E-state index in [4.69, 9.17) is 5.73 Å². The maximum absolute atomic E-state index is 12.4. The number of carbonyl (C=O) groups is 1. The Kier molecular flexibility index (Phi) is 3.21. The van der Waals surface area contributed by atoms with Crippen molar-refractivity contribution in [3.05, 3.63) is 46.1 Å². The zero-order chi connectivity index (χ0) is 16.0. The van der Waals surface area contributed by atoms with Crippen LogP contribution in [0.2, 0.25) is 0 Å². The van der Waals surface area contributed by atoms with E-state index in [1.807, 2.05) is 18.3 Å². The highest BCUT2D eigenvalue weighted by Crippen LogP contribution is 2.37. The molecule has 0 unspecified atom stereocenters. The number of nitrogens with zero attached hydrogens (tertiary/aromatic N) is 2. The molecule has 0 atom stereocenters. The van der Waals surface area contributed by atoms with Gasteiger partial charge in [-0.2, -0.15) is 0 Å². The number of aromatic nitrogens is 3. The van der Waals surface area contributed by atoms with Gasteiger partial charge in [0, 0.05) is 30.3 Å². The van der Waals surface area contributed by atoms with E-state index in [0.29, 0.717) is 11.7 Å². The van der Waals surface area contributed by atoms with Crippen molar-refractivity contribution in [1.82, 2.24) is 19.9 Å². The highest BCUT2D eigenvalue weighted by molar-refractivity contribution is 5.93. The number of rotatable bonds is 4. The number of hydrogen-bond donors (Lipinski definition) is 3. The van der Waals surface area contributed by atoms with Crippen LogP contribution in [0.5, 0.6) is 0 Å². The average molecular weight is 313 g/mol. The number of nitrogen functional groups attached to an aromatic ring is 1. The van der Waals surface area contributed by atoms with E-state index in [1.165, 1.54) is 6.07 Å². The van der Waals surface area contributed by atoms with Gasteiger partial charge in [-0.05, 0) is 37.8 Å². The molecule has 2 saturated carbocycles. The van der Waals surface area contributed by atoms with Crippen molar-refractivity contribution in [2.75, 3.05) is 5.73 Å². The van der Waals surface area contributed by atoms with Crippen LogP contribution in [0, 0.1) is 0 Å². The molecule has 4 N–H and O–H groups in total. The molecule has 7 heteroatoms. The van der Waals surface area contributed by atoms with Gasteiger partial charge in [0.05, 0.1) is 5.69 Å². The molecule has 7 nitrogen and oxygen atoms in total. The van der Waals surface area contributed by atoms with E-state index in [2.05, 4.69) is 19.9 Å². The highest BCUT2D eigenvalue weighted by atomic mass is 16.2. The van der Waals surface area contributed by atoms with Crippen LogP contribution in [0.25, 0.3) is 0 Å². The van der Waals surface area contributed by atoms with Crippen molar-refractivity contribution in [2.24, 2.45) is 0 Å². The lowest BCUT2D eigenvalue weighted by molar-refractivity contribution is 0.0898. The fourth-order valence-corrected chi connectivity index (χ4v) is 3.20. The van der Waals surface area contributed by atoms with Crippen LogP contribution in [0.4, 0.5) is 5.95 Å². The van der Waals surface area contributed by atoms with Gasteiger partial charge < -0.3 is 15.6 Å². The zero-order valence-corrected chi connectivity index (χ0v) is 12.7. The molecule has 0 radical (unpaired) electrons. The molecule has 2 heterocycles. The first-order valence-electron chi connectivity index (χ1n) is 7.94. The van der Waals surface area contributed by atoms with Gasteiger partial charge in [0.1, 0.15) is 5.69 Å². The maximum Gasteiger partial charge on any atom is 0.268 e. The van der Waals surface area contributed by atoms with Crippen LogP contribution in [0.15, 0.2) is 29.2 Å². The van der Waals surface area contributed by atoms with Gasteiger partial charge in [0.2, 0.25) is 5.95 Å². The molecule has 2 aromatic rings. The predicted octanol–water partition coefficient (Wildman–Crippen LogP) is 1.16. The van der Waals surface area contributed by atoms with Gasteiger partial charge in [-0.1, -0.05) is 0 Å². The highest BCUT2D eigenvalue weighted by Gasteiger charge is 2.34. The smallest absolute Gasteiger partial charge is 0.268 e. The molecule has 0 bridgehead atoms. The molecule has 0 saturated heterocycles.